The lowest BCUT2D eigenvalue weighted by atomic mass is 10.1. The van der Waals surface area contributed by atoms with E-state index in [2.05, 4.69) is 15.8 Å². The molecule has 9 heteroatoms. The molecule has 0 atom stereocenters. The Labute approximate surface area is 177 Å². The van der Waals surface area contributed by atoms with Crippen LogP contribution in [0.15, 0.2) is 58.0 Å². The van der Waals surface area contributed by atoms with Gasteiger partial charge in [0.25, 0.3) is 5.69 Å². The van der Waals surface area contributed by atoms with Crippen LogP contribution < -0.4 is 10.7 Å². The predicted molar refractivity (Wildman–Crippen MR) is 116 cm³/mol. The van der Waals surface area contributed by atoms with Crippen LogP contribution in [0, 0.1) is 30.9 Å². The van der Waals surface area contributed by atoms with E-state index in [9.17, 15) is 19.7 Å². The van der Waals surface area contributed by atoms with Gasteiger partial charge in [0.05, 0.1) is 11.1 Å². The van der Waals surface area contributed by atoms with Crippen LogP contribution in [-0.2, 0) is 9.59 Å². The molecule has 1 aromatic heterocycles. The Bertz CT molecular complexity index is 1180. The maximum Gasteiger partial charge on any atom is 0.329 e. The molecule has 0 aliphatic carbocycles. The van der Waals surface area contributed by atoms with Crippen molar-refractivity contribution in [2.75, 3.05) is 5.32 Å². The molecular weight excluding hydrogens is 400 g/mol. The van der Waals surface area contributed by atoms with Crippen molar-refractivity contribution in [3.05, 3.63) is 81.1 Å². The molecule has 9 nitrogen and oxygen atoms in total. The number of benzene rings is 2. The highest BCUT2D eigenvalue weighted by Crippen LogP contribution is 2.30. The summed E-state index contributed by atoms with van der Waals surface area (Å²) in [4.78, 5) is 34.7. The van der Waals surface area contributed by atoms with Crippen molar-refractivity contribution in [3.8, 4) is 11.3 Å². The van der Waals surface area contributed by atoms with E-state index in [-0.39, 0.29) is 5.69 Å². The van der Waals surface area contributed by atoms with Crippen molar-refractivity contribution < 1.29 is 18.9 Å². The lowest BCUT2D eigenvalue weighted by molar-refractivity contribution is -0.385. The number of rotatable bonds is 5. The Kier molecular flexibility index (Phi) is 6.25. The Morgan fingerprint density at radius 1 is 1.00 bits per heavy atom. The standard InChI is InChI=1S/C22H20N4O5/c1-13-6-4-7-14(2)20(13)24-21(27)22(28)25-23-12-16-10-11-19(31-16)17-8-5-9-18(15(17)3)26(29)30/h4-12H,1-3H3,(H,24,27)(H,25,28)/b23-12+. The van der Waals surface area contributed by atoms with Gasteiger partial charge in [0.1, 0.15) is 11.5 Å². The van der Waals surface area contributed by atoms with E-state index in [1.165, 1.54) is 12.3 Å². The van der Waals surface area contributed by atoms with E-state index in [0.29, 0.717) is 28.3 Å². The summed E-state index contributed by atoms with van der Waals surface area (Å²) in [5.41, 5.74) is 5.44. The summed E-state index contributed by atoms with van der Waals surface area (Å²) in [6.45, 7) is 5.30. The summed E-state index contributed by atoms with van der Waals surface area (Å²) < 4.78 is 5.63. The van der Waals surface area contributed by atoms with Gasteiger partial charge >= 0.3 is 11.8 Å². The number of furan rings is 1. The highest BCUT2D eigenvalue weighted by Gasteiger charge is 2.17. The van der Waals surface area contributed by atoms with Crippen LogP contribution in [-0.4, -0.2) is 23.0 Å². The quantitative estimate of drug-likeness (QED) is 0.280. The molecule has 0 bridgehead atoms. The SMILES string of the molecule is Cc1cccc(C)c1NC(=O)C(=O)N/N=C/c1ccc(-c2cccc([N+](=O)[O-])c2C)o1. The van der Waals surface area contributed by atoms with E-state index < -0.39 is 16.7 Å². The molecule has 0 unspecified atom stereocenters. The van der Waals surface area contributed by atoms with Gasteiger partial charge in [-0.2, -0.15) is 5.10 Å². The number of nitrogens with zero attached hydrogens (tertiary/aromatic N) is 2. The van der Waals surface area contributed by atoms with Gasteiger partial charge < -0.3 is 9.73 Å². The zero-order chi connectivity index (χ0) is 22.5. The van der Waals surface area contributed by atoms with Crippen LogP contribution in [0.4, 0.5) is 11.4 Å². The molecule has 158 valence electrons. The molecule has 0 saturated carbocycles. The Morgan fingerprint density at radius 2 is 1.68 bits per heavy atom. The second-order valence-electron chi connectivity index (χ2n) is 6.83. The summed E-state index contributed by atoms with van der Waals surface area (Å²) in [5.74, 6) is -1.06. The molecular formula is C22H20N4O5. The van der Waals surface area contributed by atoms with Crippen molar-refractivity contribution in [2.45, 2.75) is 20.8 Å². The van der Waals surface area contributed by atoms with Crippen LogP contribution in [0.5, 0.6) is 0 Å². The van der Waals surface area contributed by atoms with Crippen LogP contribution in [0.1, 0.15) is 22.5 Å². The summed E-state index contributed by atoms with van der Waals surface area (Å²) in [6.07, 6.45) is 1.24. The van der Waals surface area contributed by atoms with Gasteiger partial charge in [-0.3, -0.25) is 19.7 Å². The first-order valence-electron chi connectivity index (χ1n) is 9.32. The zero-order valence-corrected chi connectivity index (χ0v) is 17.1. The van der Waals surface area contributed by atoms with E-state index in [1.807, 2.05) is 32.0 Å². The Hall–Kier alpha value is -4.27. The summed E-state index contributed by atoms with van der Waals surface area (Å²) in [7, 11) is 0. The number of hydrazone groups is 1. The topological polar surface area (TPSA) is 127 Å². The minimum absolute atomic E-state index is 0.00807. The van der Waals surface area contributed by atoms with Crippen LogP contribution in [0.2, 0.25) is 0 Å². The Balaban J connectivity index is 1.65. The van der Waals surface area contributed by atoms with Crippen molar-refractivity contribution in [3.63, 3.8) is 0 Å². The number of nitro groups is 1. The molecule has 31 heavy (non-hydrogen) atoms. The largest absolute Gasteiger partial charge is 0.455 e. The minimum atomic E-state index is -0.930. The number of carbonyl (C=O) groups is 2. The number of anilines is 1. The second kappa shape index (κ2) is 9.04. The fourth-order valence-corrected chi connectivity index (χ4v) is 3.04. The molecule has 3 aromatic rings. The second-order valence-corrected chi connectivity index (χ2v) is 6.83. The summed E-state index contributed by atoms with van der Waals surface area (Å²) in [5, 5.41) is 17.4. The number of para-hydroxylation sites is 1. The number of aryl methyl sites for hydroxylation is 2. The van der Waals surface area contributed by atoms with Gasteiger partial charge in [0.15, 0.2) is 0 Å². The molecule has 0 aliphatic heterocycles. The molecule has 0 aliphatic rings. The monoisotopic (exact) mass is 420 g/mol. The lowest BCUT2D eigenvalue weighted by Crippen LogP contribution is -2.32. The smallest absolute Gasteiger partial charge is 0.329 e. The first-order valence-corrected chi connectivity index (χ1v) is 9.32. The Morgan fingerprint density at radius 3 is 2.35 bits per heavy atom. The average Bonchev–Trinajstić information content (AvgIpc) is 3.19. The molecule has 2 N–H and O–H groups in total. The van der Waals surface area contributed by atoms with Gasteiger partial charge in [0, 0.05) is 22.9 Å². The third kappa shape index (κ3) is 4.84. The van der Waals surface area contributed by atoms with E-state index in [0.717, 1.165) is 11.1 Å². The molecule has 0 radical (unpaired) electrons. The van der Waals surface area contributed by atoms with Gasteiger partial charge in [-0.1, -0.05) is 30.3 Å². The number of hydrogen-bond acceptors (Lipinski definition) is 6. The van der Waals surface area contributed by atoms with Gasteiger partial charge in [-0.25, -0.2) is 5.43 Å². The highest BCUT2D eigenvalue weighted by atomic mass is 16.6. The summed E-state index contributed by atoms with van der Waals surface area (Å²) in [6, 6.07) is 13.5. The summed E-state index contributed by atoms with van der Waals surface area (Å²) >= 11 is 0. The number of carbonyl (C=O) groups excluding carboxylic acids is 2. The van der Waals surface area contributed by atoms with Crippen molar-refractivity contribution in [1.29, 1.82) is 0 Å². The van der Waals surface area contributed by atoms with Crippen LogP contribution >= 0.6 is 0 Å². The number of amides is 2. The number of nitro benzene ring substituents is 1. The van der Waals surface area contributed by atoms with E-state index in [1.54, 1.807) is 31.2 Å². The molecule has 3 rings (SSSR count). The van der Waals surface area contributed by atoms with Gasteiger partial charge in [-0.15, -0.1) is 0 Å². The fourth-order valence-electron chi connectivity index (χ4n) is 3.04. The normalized spacial score (nSPS) is 10.8. The van der Waals surface area contributed by atoms with Crippen LogP contribution in [0.3, 0.4) is 0 Å². The lowest BCUT2D eigenvalue weighted by Gasteiger charge is -2.10. The number of nitrogens with one attached hydrogen (secondary N) is 2. The number of hydrogen-bond donors (Lipinski definition) is 2. The molecule has 2 aromatic carbocycles. The molecule has 0 spiro atoms. The molecule has 0 saturated heterocycles. The van der Waals surface area contributed by atoms with Crippen molar-refractivity contribution in [2.24, 2.45) is 5.10 Å². The maximum absolute atomic E-state index is 12.1. The molecule has 2 amide bonds. The molecule has 1 heterocycles. The van der Waals surface area contributed by atoms with Gasteiger partial charge in [-0.05, 0) is 44.0 Å². The third-order valence-corrected chi connectivity index (χ3v) is 4.68. The minimum Gasteiger partial charge on any atom is -0.455 e. The van der Waals surface area contributed by atoms with Crippen molar-refractivity contribution in [1.82, 2.24) is 5.43 Å². The van der Waals surface area contributed by atoms with Crippen LogP contribution in [0.25, 0.3) is 11.3 Å². The van der Waals surface area contributed by atoms with Crippen molar-refractivity contribution >= 4 is 29.4 Å². The first-order chi connectivity index (χ1) is 14.8. The fraction of sp³-hybridized carbons (Fsp3) is 0.136. The zero-order valence-electron chi connectivity index (χ0n) is 17.1. The highest BCUT2D eigenvalue weighted by molar-refractivity contribution is 6.39. The van der Waals surface area contributed by atoms with Gasteiger partial charge in [0.2, 0.25) is 0 Å². The van der Waals surface area contributed by atoms with E-state index >= 15 is 0 Å². The maximum atomic E-state index is 12.1. The third-order valence-electron chi connectivity index (χ3n) is 4.68. The van der Waals surface area contributed by atoms with E-state index in [4.69, 9.17) is 4.42 Å². The molecule has 0 fully saturated rings. The predicted octanol–water partition coefficient (Wildman–Crippen LogP) is 3.87. The average molecular weight is 420 g/mol. The first kappa shape index (κ1) is 21.4.